The number of hydrogen-bond donors (Lipinski definition) is 2. The highest BCUT2D eigenvalue weighted by Gasteiger charge is 2.19. The van der Waals surface area contributed by atoms with Gasteiger partial charge in [0.2, 0.25) is 0 Å². The first-order valence-electron chi connectivity index (χ1n) is 7.30. The molecule has 2 rings (SSSR count). The lowest BCUT2D eigenvalue weighted by atomic mass is 10.2. The van der Waals surface area contributed by atoms with Crippen molar-refractivity contribution in [2.45, 2.75) is 6.10 Å². The second-order valence-electron chi connectivity index (χ2n) is 5.26. The fraction of sp³-hybridized carbons (Fsp3) is 0.600. The van der Waals surface area contributed by atoms with E-state index in [9.17, 15) is 5.11 Å². The Hall–Kier alpha value is -0.850. The summed E-state index contributed by atoms with van der Waals surface area (Å²) in [6.45, 7) is 5.43. The van der Waals surface area contributed by atoms with Gasteiger partial charge in [0.15, 0.2) is 0 Å². The first-order valence-corrected chi connectivity index (χ1v) is 7.68. The summed E-state index contributed by atoms with van der Waals surface area (Å²) >= 11 is 6.00. The number of rotatable bonds is 7. The van der Waals surface area contributed by atoms with Crippen LogP contribution in [0.4, 0.5) is 0 Å². The zero-order chi connectivity index (χ0) is 15.1. The lowest BCUT2D eigenvalue weighted by molar-refractivity contribution is 0.0429. The van der Waals surface area contributed by atoms with Crippen LogP contribution in [0, 0.1) is 0 Å². The van der Waals surface area contributed by atoms with E-state index in [0.717, 1.165) is 32.7 Å². The van der Waals surface area contributed by atoms with Crippen molar-refractivity contribution in [3.05, 3.63) is 29.3 Å². The fourth-order valence-corrected chi connectivity index (χ4v) is 2.63. The summed E-state index contributed by atoms with van der Waals surface area (Å²) in [7, 11) is 0. The Kier molecular flexibility index (Phi) is 6.73. The second-order valence-corrected chi connectivity index (χ2v) is 5.67. The van der Waals surface area contributed by atoms with E-state index in [2.05, 4.69) is 9.80 Å². The second kappa shape index (κ2) is 8.56. The summed E-state index contributed by atoms with van der Waals surface area (Å²) < 4.78 is 5.55. The van der Waals surface area contributed by atoms with Gasteiger partial charge in [-0.15, -0.1) is 0 Å². The van der Waals surface area contributed by atoms with Crippen LogP contribution in [0.3, 0.4) is 0 Å². The molecule has 0 saturated carbocycles. The Morgan fingerprint density at radius 3 is 2.48 bits per heavy atom. The van der Waals surface area contributed by atoms with Gasteiger partial charge in [0.1, 0.15) is 18.5 Å². The van der Waals surface area contributed by atoms with Crippen LogP contribution < -0.4 is 4.74 Å². The standard InChI is InChI=1S/C15H23ClN2O3/c16-14-3-1-2-4-15(14)21-12-13(20)11-18-7-5-17(6-8-18)9-10-19/h1-4,13,19-20H,5-12H2/t13-/m0/s1. The number of hydrogen-bond acceptors (Lipinski definition) is 5. The van der Waals surface area contributed by atoms with E-state index < -0.39 is 6.10 Å². The van der Waals surface area contributed by atoms with Crippen LogP contribution in [0.15, 0.2) is 24.3 Å². The number of β-amino-alcohol motifs (C(OH)–C–C–N with tert-alkyl or cyclic N) is 2. The van der Waals surface area contributed by atoms with Crippen molar-refractivity contribution in [2.24, 2.45) is 0 Å². The summed E-state index contributed by atoms with van der Waals surface area (Å²) in [4.78, 5) is 4.44. The van der Waals surface area contributed by atoms with Gasteiger partial charge in [0.25, 0.3) is 0 Å². The predicted molar refractivity (Wildman–Crippen MR) is 82.9 cm³/mol. The number of aliphatic hydroxyl groups excluding tert-OH is 2. The molecule has 1 aliphatic rings. The molecule has 1 saturated heterocycles. The number of nitrogens with zero attached hydrogens (tertiary/aromatic N) is 2. The Balaban J connectivity index is 1.68. The Bertz CT molecular complexity index is 425. The number of halogens is 1. The summed E-state index contributed by atoms with van der Waals surface area (Å²) in [5, 5.41) is 19.5. The van der Waals surface area contributed by atoms with Gasteiger partial charge >= 0.3 is 0 Å². The molecule has 1 aromatic rings. The van der Waals surface area contributed by atoms with E-state index in [1.165, 1.54) is 0 Å². The lowest BCUT2D eigenvalue weighted by Gasteiger charge is -2.35. The third kappa shape index (κ3) is 5.45. The summed E-state index contributed by atoms with van der Waals surface area (Å²) in [5.41, 5.74) is 0. The van der Waals surface area contributed by atoms with Crippen LogP contribution in [0.5, 0.6) is 5.75 Å². The van der Waals surface area contributed by atoms with E-state index >= 15 is 0 Å². The van der Waals surface area contributed by atoms with Crippen molar-refractivity contribution < 1.29 is 14.9 Å². The Labute approximate surface area is 130 Å². The predicted octanol–water partition coefficient (Wildman–Crippen LogP) is 0.690. The molecule has 1 aliphatic heterocycles. The number of ether oxygens (including phenoxy) is 1. The molecule has 118 valence electrons. The highest BCUT2D eigenvalue weighted by atomic mass is 35.5. The maximum Gasteiger partial charge on any atom is 0.138 e. The van der Waals surface area contributed by atoms with Crippen LogP contribution in [-0.2, 0) is 0 Å². The highest BCUT2D eigenvalue weighted by Crippen LogP contribution is 2.23. The monoisotopic (exact) mass is 314 g/mol. The molecule has 1 aromatic carbocycles. The molecule has 5 nitrogen and oxygen atoms in total. The highest BCUT2D eigenvalue weighted by molar-refractivity contribution is 6.32. The van der Waals surface area contributed by atoms with Gasteiger partial charge in [-0.25, -0.2) is 0 Å². The topological polar surface area (TPSA) is 56.2 Å². The van der Waals surface area contributed by atoms with E-state index in [0.29, 0.717) is 17.3 Å². The number of aliphatic hydroxyl groups is 2. The molecular formula is C15H23ClN2O3. The van der Waals surface area contributed by atoms with Crippen molar-refractivity contribution in [1.82, 2.24) is 9.80 Å². The van der Waals surface area contributed by atoms with E-state index in [4.69, 9.17) is 21.4 Å². The van der Waals surface area contributed by atoms with Crippen molar-refractivity contribution in [2.75, 3.05) is 52.5 Å². The van der Waals surface area contributed by atoms with Gasteiger partial charge < -0.3 is 14.9 Å². The maximum absolute atomic E-state index is 10.1. The lowest BCUT2D eigenvalue weighted by Crippen LogP contribution is -2.49. The molecule has 1 fully saturated rings. The van der Waals surface area contributed by atoms with E-state index in [1.807, 2.05) is 12.1 Å². The first-order chi connectivity index (χ1) is 10.2. The van der Waals surface area contributed by atoms with E-state index in [-0.39, 0.29) is 13.2 Å². The molecule has 0 radical (unpaired) electrons. The minimum absolute atomic E-state index is 0.203. The average molecular weight is 315 g/mol. The number of benzene rings is 1. The SMILES string of the molecule is OCCN1CCN(C[C@H](O)COc2ccccc2Cl)CC1. The molecule has 0 unspecified atom stereocenters. The van der Waals surface area contributed by atoms with Gasteiger partial charge in [-0.3, -0.25) is 9.80 Å². The number of para-hydroxylation sites is 1. The molecule has 21 heavy (non-hydrogen) atoms. The Morgan fingerprint density at radius 2 is 1.81 bits per heavy atom. The minimum Gasteiger partial charge on any atom is -0.489 e. The van der Waals surface area contributed by atoms with Crippen molar-refractivity contribution in [1.29, 1.82) is 0 Å². The van der Waals surface area contributed by atoms with Gasteiger partial charge in [-0.05, 0) is 12.1 Å². The number of piperazine rings is 1. The molecule has 1 atom stereocenters. The van der Waals surface area contributed by atoms with Gasteiger partial charge in [0.05, 0.1) is 11.6 Å². The van der Waals surface area contributed by atoms with Gasteiger partial charge in [-0.2, -0.15) is 0 Å². The van der Waals surface area contributed by atoms with Crippen molar-refractivity contribution >= 4 is 11.6 Å². The molecular weight excluding hydrogens is 292 g/mol. The summed E-state index contributed by atoms with van der Waals surface area (Å²) in [6, 6.07) is 7.26. The van der Waals surface area contributed by atoms with Crippen molar-refractivity contribution in [3.8, 4) is 5.75 Å². The molecule has 0 bridgehead atoms. The fourth-order valence-electron chi connectivity index (χ4n) is 2.44. The van der Waals surface area contributed by atoms with Crippen molar-refractivity contribution in [3.63, 3.8) is 0 Å². The minimum atomic E-state index is -0.536. The molecule has 0 aliphatic carbocycles. The summed E-state index contributed by atoms with van der Waals surface area (Å²) in [5.74, 6) is 0.603. The first kappa shape index (κ1) is 16.5. The van der Waals surface area contributed by atoms with E-state index in [1.54, 1.807) is 12.1 Å². The third-order valence-corrected chi connectivity index (χ3v) is 3.93. The summed E-state index contributed by atoms with van der Waals surface area (Å²) in [6.07, 6.45) is -0.536. The van der Waals surface area contributed by atoms with Gasteiger partial charge in [0, 0.05) is 39.3 Å². The molecule has 0 aromatic heterocycles. The maximum atomic E-state index is 10.1. The molecule has 0 amide bonds. The van der Waals surface area contributed by atoms with Crippen LogP contribution in [0.1, 0.15) is 0 Å². The molecule has 2 N–H and O–H groups in total. The largest absolute Gasteiger partial charge is 0.489 e. The zero-order valence-electron chi connectivity index (χ0n) is 12.1. The zero-order valence-corrected chi connectivity index (χ0v) is 12.9. The quantitative estimate of drug-likeness (QED) is 0.775. The normalized spacial score (nSPS) is 18.6. The molecule has 6 heteroatoms. The molecule has 1 heterocycles. The average Bonchev–Trinajstić information content (AvgIpc) is 2.49. The molecule has 0 spiro atoms. The van der Waals surface area contributed by atoms with Crippen LogP contribution in [0.25, 0.3) is 0 Å². The van der Waals surface area contributed by atoms with Crippen LogP contribution in [0.2, 0.25) is 5.02 Å². The smallest absolute Gasteiger partial charge is 0.138 e. The van der Waals surface area contributed by atoms with Crippen LogP contribution in [-0.4, -0.2) is 78.6 Å². The van der Waals surface area contributed by atoms with Gasteiger partial charge in [-0.1, -0.05) is 23.7 Å². The van der Waals surface area contributed by atoms with Crippen LogP contribution >= 0.6 is 11.6 Å². The Morgan fingerprint density at radius 1 is 1.14 bits per heavy atom. The third-order valence-electron chi connectivity index (χ3n) is 3.62.